The molecule has 0 aromatic heterocycles. The van der Waals surface area contributed by atoms with Gasteiger partial charge in [-0.2, -0.15) is 4.99 Å². The normalized spacial score (nSPS) is 19.3. The van der Waals surface area contributed by atoms with Crippen LogP contribution < -0.4 is 21.7 Å². The van der Waals surface area contributed by atoms with Crippen LogP contribution in [0.1, 0.15) is 46.0 Å². The number of carbonyl (C=O) groups excluding carboxylic acids is 1. The van der Waals surface area contributed by atoms with Crippen LogP contribution in [-0.2, 0) is 4.79 Å². The van der Waals surface area contributed by atoms with Gasteiger partial charge in [-0.3, -0.25) is 9.69 Å². The van der Waals surface area contributed by atoms with Crippen LogP contribution in [0.5, 0.6) is 0 Å². The predicted octanol–water partition coefficient (Wildman–Crippen LogP) is 2.53. The highest BCUT2D eigenvalue weighted by Gasteiger charge is 2.42. The van der Waals surface area contributed by atoms with E-state index in [1.54, 1.807) is 26.0 Å². The molecule has 1 amide bonds. The first-order chi connectivity index (χ1) is 12.3. The molecule has 0 unspecified atom stereocenters. The molecule has 1 aliphatic heterocycles. The first-order valence-electron chi connectivity index (χ1n) is 8.92. The molecule has 1 fully saturated rings. The van der Waals surface area contributed by atoms with E-state index in [0.29, 0.717) is 5.69 Å². The number of nitrogens with one attached hydrogen (secondary N) is 1. The Kier molecular flexibility index (Phi) is 4.84. The Morgan fingerprint density at radius 1 is 1.27 bits per heavy atom. The van der Waals surface area contributed by atoms with Crippen LogP contribution in [-0.4, -0.2) is 23.5 Å². The fourth-order valence-corrected chi connectivity index (χ4v) is 3.52. The summed E-state index contributed by atoms with van der Waals surface area (Å²) >= 11 is 0. The summed E-state index contributed by atoms with van der Waals surface area (Å²) in [5, 5.41) is 2.62. The van der Waals surface area contributed by atoms with Gasteiger partial charge in [0.2, 0.25) is 17.8 Å². The number of halogens is 1. The van der Waals surface area contributed by atoms with Crippen molar-refractivity contribution < 1.29 is 9.18 Å². The monoisotopic (exact) mass is 360 g/mol. The van der Waals surface area contributed by atoms with Gasteiger partial charge in [-0.25, -0.2) is 9.38 Å². The van der Waals surface area contributed by atoms with Gasteiger partial charge in [0.05, 0.1) is 5.69 Å². The quantitative estimate of drug-likeness (QED) is 0.769. The van der Waals surface area contributed by atoms with E-state index < -0.39 is 11.5 Å². The van der Waals surface area contributed by atoms with Crippen molar-refractivity contribution in [3.63, 3.8) is 0 Å². The molecule has 0 radical (unpaired) electrons. The lowest BCUT2D eigenvalue weighted by Gasteiger charge is -2.45. The lowest BCUT2D eigenvalue weighted by atomic mass is 9.87. The Bertz CT molecular complexity index is 767. The Hall–Kier alpha value is -2.64. The summed E-state index contributed by atoms with van der Waals surface area (Å²) in [6, 6.07) is 4.51. The summed E-state index contributed by atoms with van der Waals surface area (Å²) in [6.07, 6.45) is 4.70. The van der Waals surface area contributed by atoms with E-state index in [2.05, 4.69) is 15.3 Å². The molecule has 0 bridgehead atoms. The Balaban J connectivity index is 2.01. The molecule has 3 rings (SSSR count). The minimum Gasteiger partial charge on any atom is -0.369 e. The van der Waals surface area contributed by atoms with Crippen LogP contribution in [0.15, 0.2) is 28.2 Å². The fraction of sp³-hybridized carbons (Fsp3) is 0.500. The van der Waals surface area contributed by atoms with E-state index in [4.69, 9.17) is 11.5 Å². The number of aliphatic imine (C=N–C) groups is 2. The van der Waals surface area contributed by atoms with Crippen LogP contribution >= 0.6 is 0 Å². The van der Waals surface area contributed by atoms with Gasteiger partial charge in [-0.15, -0.1) is 0 Å². The molecule has 1 aliphatic carbocycles. The average Bonchev–Trinajstić information content (AvgIpc) is 2.57. The fourth-order valence-electron chi connectivity index (χ4n) is 3.52. The summed E-state index contributed by atoms with van der Waals surface area (Å²) < 4.78 is 14.2. The minimum absolute atomic E-state index is 0.113. The zero-order valence-corrected chi connectivity index (χ0v) is 15.1. The number of rotatable bonds is 3. The maximum absolute atomic E-state index is 14.2. The highest BCUT2D eigenvalue weighted by Crippen LogP contribution is 2.40. The lowest BCUT2D eigenvalue weighted by Crippen LogP contribution is -2.58. The van der Waals surface area contributed by atoms with E-state index in [-0.39, 0.29) is 29.4 Å². The second-order valence-electron chi connectivity index (χ2n) is 7.13. The molecule has 1 saturated carbocycles. The second kappa shape index (κ2) is 6.93. The number of hydrogen-bond donors (Lipinski definition) is 3. The lowest BCUT2D eigenvalue weighted by molar-refractivity contribution is -0.118. The van der Waals surface area contributed by atoms with Crippen molar-refractivity contribution in [1.29, 1.82) is 0 Å². The third-order valence-corrected chi connectivity index (χ3v) is 4.84. The largest absolute Gasteiger partial charge is 0.369 e. The Morgan fingerprint density at radius 3 is 2.62 bits per heavy atom. The van der Waals surface area contributed by atoms with E-state index in [9.17, 15) is 9.18 Å². The first-order valence-corrected chi connectivity index (χ1v) is 8.92. The van der Waals surface area contributed by atoms with E-state index in [1.807, 2.05) is 4.90 Å². The molecule has 1 aromatic rings. The predicted molar refractivity (Wildman–Crippen MR) is 101 cm³/mol. The number of anilines is 2. The zero-order valence-electron chi connectivity index (χ0n) is 15.1. The molecular weight excluding hydrogens is 335 g/mol. The molecule has 8 heteroatoms. The van der Waals surface area contributed by atoms with E-state index in [1.165, 1.54) is 6.07 Å². The van der Waals surface area contributed by atoms with Gasteiger partial charge in [0.15, 0.2) is 0 Å². The van der Waals surface area contributed by atoms with Gasteiger partial charge >= 0.3 is 0 Å². The van der Waals surface area contributed by atoms with Gasteiger partial charge < -0.3 is 16.8 Å². The van der Waals surface area contributed by atoms with E-state index >= 15 is 0 Å². The summed E-state index contributed by atoms with van der Waals surface area (Å²) in [6.45, 7) is 3.50. The Labute approximate surface area is 152 Å². The molecule has 0 atom stereocenters. The molecule has 1 aromatic carbocycles. The number of carbonyl (C=O) groups is 1. The molecule has 0 saturated heterocycles. The van der Waals surface area contributed by atoms with Crippen molar-refractivity contribution in [2.45, 2.75) is 51.6 Å². The van der Waals surface area contributed by atoms with Crippen molar-refractivity contribution >= 4 is 29.2 Å². The topological polar surface area (TPSA) is 109 Å². The van der Waals surface area contributed by atoms with Crippen LogP contribution in [0.2, 0.25) is 0 Å². The molecular formula is C18H25FN6O. The molecule has 2 aliphatic rings. The van der Waals surface area contributed by atoms with Crippen LogP contribution in [0.4, 0.5) is 15.8 Å². The number of amides is 1. The number of benzene rings is 1. The molecule has 1 heterocycles. The van der Waals surface area contributed by atoms with Crippen molar-refractivity contribution in [2.24, 2.45) is 27.4 Å². The molecule has 7 nitrogen and oxygen atoms in total. The molecule has 26 heavy (non-hydrogen) atoms. The second-order valence-corrected chi connectivity index (χ2v) is 7.13. The molecule has 140 valence electrons. The maximum atomic E-state index is 14.2. The van der Waals surface area contributed by atoms with Crippen molar-refractivity contribution in [3.8, 4) is 0 Å². The smallest absolute Gasteiger partial charge is 0.227 e. The first kappa shape index (κ1) is 18.2. The Morgan fingerprint density at radius 2 is 1.96 bits per heavy atom. The van der Waals surface area contributed by atoms with Gasteiger partial charge in [-0.05, 0) is 43.9 Å². The molecule has 5 N–H and O–H groups in total. The van der Waals surface area contributed by atoms with E-state index in [0.717, 1.165) is 32.1 Å². The van der Waals surface area contributed by atoms with Crippen LogP contribution in [0.3, 0.4) is 0 Å². The van der Waals surface area contributed by atoms with Crippen molar-refractivity contribution in [3.05, 3.63) is 24.0 Å². The van der Waals surface area contributed by atoms with Gasteiger partial charge in [0, 0.05) is 11.6 Å². The van der Waals surface area contributed by atoms with Gasteiger partial charge in [0.25, 0.3) is 0 Å². The van der Waals surface area contributed by atoms with Gasteiger partial charge in [-0.1, -0.05) is 20.3 Å². The van der Waals surface area contributed by atoms with Gasteiger partial charge in [0.1, 0.15) is 11.5 Å². The number of guanidine groups is 2. The SMILES string of the molecule is CC(C)C(=O)Nc1cc(N2C(N)=NC(N)=NC23CCCCC3)ccc1F. The number of hydrogen-bond acceptors (Lipinski definition) is 6. The highest BCUT2D eigenvalue weighted by atomic mass is 19.1. The minimum atomic E-state index is -0.606. The maximum Gasteiger partial charge on any atom is 0.227 e. The summed E-state index contributed by atoms with van der Waals surface area (Å²) in [4.78, 5) is 22.5. The number of nitrogens with two attached hydrogens (primary N) is 2. The van der Waals surface area contributed by atoms with Crippen LogP contribution in [0.25, 0.3) is 0 Å². The van der Waals surface area contributed by atoms with Crippen molar-refractivity contribution in [1.82, 2.24) is 0 Å². The average molecular weight is 360 g/mol. The summed E-state index contributed by atoms with van der Waals surface area (Å²) in [7, 11) is 0. The van der Waals surface area contributed by atoms with Crippen LogP contribution in [0, 0.1) is 11.7 Å². The standard InChI is InChI=1S/C18H25FN6O/c1-11(2)15(26)22-14-10-12(6-7-13(14)19)25-17(21)23-16(20)24-18(25)8-4-3-5-9-18/h6-7,10-11H,3-5,8-9H2,1-2H3,(H,22,26)(H4,20,21,23,24). The third kappa shape index (κ3) is 3.36. The van der Waals surface area contributed by atoms with Crippen molar-refractivity contribution in [2.75, 3.05) is 10.2 Å². The molecule has 1 spiro atoms. The number of nitrogens with zero attached hydrogens (tertiary/aromatic N) is 3. The zero-order chi connectivity index (χ0) is 18.9. The third-order valence-electron chi connectivity index (χ3n) is 4.84. The summed E-state index contributed by atoms with van der Waals surface area (Å²) in [5.41, 5.74) is 12.2. The summed E-state index contributed by atoms with van der Waals surface area (Å²) in [5.74, 6) is -0.621. The highest BCUT2D eigenvalue weighted by molar-refractivity contribution is 6.06.